The van der Waals surface area contributed by atoms with Crippen LogP contribution in [-0.4, -0.2) is 64.7 Å². The van der Waals surface area contributed by atoms with Gasteiger partial charge in [-0.1, -0.05) is 13.8 Å². The number of aliphatic hydroxyl groups is 1. The Balaban J connectivity index is 1.29. The molecule has 2 N–H and O–H groups in total. The summed E-state index contributed by atoms with van der Waals surface area (Å²) in [5.41, 5.74) is 3.49. The number of nitrogens with one attached hydrogen (secondary N) is 1. The molecule has 1 saturated carbocycles. The highest BCUT2D eigenvalue weighted by Gasteiger charge is 2.72. The normalized spacial score (nSPS) is 28.4. The van der Waals surface area contributed by atoms with E-state index in [1.54, 1.807) is 12.3 Å². The van der Waals surface area contributed by atoms with E-state index in [0.29, 0.717) is 24.5 Å². The molecule has 4 atom stereocenters. The number of anilines is 1. The summed E-state index contributed by atoms with van der Waals surface area (Å²) in [4.78, 5) is 35.2. The van der Waals surface area contributed by atoms with Crippen molar-refractivity contribution in [2.45, 2.75) is 45.3 Å². The van der Waals surface area contributed by atoms with Crippen LogP contribution in [0.25, 0.3) is 21.3 Å². The van der Waals surface area contributed by atoms with Gasteiger partial charge in [0, 0.05) is 46.4 Å². The highest BCUT2D eigenvalue weighted by atomic mass is 32.1. The molecule has 5 heterocycles. The lowest BCUT2D eigenvalue weighted by atomic mass is 9.95. The molecule has 40 heavy (non-hydrogen) atoms. The Morgan fingerprint density at radius 2 is 1.98 bits per heavy atom. The molecule has 3 fully saturated rings. The number of thiophene rings is 1. The zero-order chi connectivity index (χ0) is 28.0. The third kappa shape index (κ3) is 3.68. The Labute approximate surface area is 236 Å². The maximum Gasteiger partial charge on any atom is 0.234 e. The van der Waals surface area contributed by atoms with E-state index < -0.39 is 0 Å². The summed E-state index contributed by atoms with van der Waals surface area (Å²) in [6.45, 7) is 8.27. The number of likely N-dealkylation sites (tertiary alicyclic amines) is 1. The van der Waals surface area contributed by atoms with Gasteiger partial charge in [-0.05, 0) is 37.0 Å². The minimum absolute atomic E-state index is 0.0604. The lowest BCUT2D eigenvalue weighted by Crippen LogP contribution is -2.42. The number of carbonyl (C=O) groups excluding carboxylic acids is 2. The summed E-state index contributed by atoms with van der Waals surface area (Å²) >= 11 is 1.53. The fourth-order valence-corrected chi connectivity index (χ4v) is 8.11. The van der Waals surface area contributed by atoms with Gasteiger partial charge in [0.2, 0.25) is 11.8 Å². The highest BCUT2D eigenvalue weighted by molar-refractivity contribution is 7.19. The Bertz CT molecular complexity index is 1600. The van der Waals surface area contributed by atoms with E-state index >= 15 is 0 Å². The van der Waals surface area contributed by atoms with Crippen molar-refractivity contribution >= 4 is 39.1 Å². The second-order valence-electron chi connectivity index (χ2n) is 12.3. The van der Waals surface area contributed by atoms with Crippen molar-refractivity contribution in [3.8, 4) is 22.9 Å². The number of imide groups is 1. The van der Waals surface area contributed by atoms with Gasteiger partial charge < -0.3 is 20.1 Å². The number of aromatic nitrogens is 1. The summed E-state index contributed by atoms with van der Waals surface area (Å²) in [7, 11) is 0. The van der Waals surface area contributed by atoms with E-state index in [0.717, 1.165) is 44.9 Å². The molecular weight excluding hydrogens is 526 g/mol. The first-order chi connectivity index (χ1) is 19.1. The molecule has 4 aliphatic rings. The molecule has 2 amide bonds. The first kappa shape index (κ1) is 25.4. The number of rotatable bonds is 5. The zero-order valence-electron chi connectivity index (χ0n) is 22.7. The Morgan fingerprint density at radius 3 is 2.67 bits per heavy atom. The van der Waals surface area contributed by atoms with Gasteiger partial charge in [0.25, 0.3) is 0 Å². The summed E-state index contributed by atoms with van der Waals surface area (Å²) in [6, 6.07) is 10.1. The third-order valence-electron chi connectivity index (χ3n) is 9.28. The molecule has 2 unspecified atom stereocenters. The van der Waals surface area contributed by atoms with Gasteiger partial charge in [0.05, 0.1) is 59.1 Å². The number of hydrogen-bond acceptors (Lipinski definition) is 9. The molecule has 0 spiro atoms. The largest absolute Gasteiger partial charge is 0.489 e. The van der Waals surface area contributed by atoms with Gasteiger partial charge in [-0.15, -0.1) is 11.3 Å². The van der Waals surface area contributed by atoms with Gasteiger partial charge in [-0.3, -0.25) is 19.5 Å². The molecule has 10 heteroatoms. The number of nitrogens with zero attached hydrogens (tertiary/aromatic N) is 4. The summed E-state index contributed by atoms with van der Waals surface area (Å²) < 4.78 is 7.04. The summed E-state index contributed by atoms with van der Waals surface area (Å²) in [5, 5.41) is 23.3. The van der Waals surface area contributed by atoms with Crippen LogP contribution < -0.4 is 15.0 Å². The Hall–Kier alpha value is -3.52. The zero-order valence-corrected chi connectivity index (χ0v) is 23.5. The lowest BCUT2D eigenvalue weighted by Gasteiger charge is -2.38. The lowest BCUT2D eigenvalue weighted by molar-refractivity contribution is -0.143. The molecule has 3 aliphatic heterocycles. The molecule has 1 aliphatic carbocycles. The van der Waals surface area contributed by atoms with E-state index in [-0.39, 0.29) is 53.8 Å². The van der Waals surface area contributed by atoms with E-state index in [1.165, 1.54) is 16.2 Å². The second-order valence-corrected chi connectivity index (χ2v) is 13.4. The minimum atomic E-state index is -0.345. The molecule has 3 aromatic rings. The molecular formula is C30H31N5O4S. The number of benzene rings is 1. The van der Waals surface area contributed by atoms with Crippen molar-refractivity contribution in [1.29, 1.82) is 5.26 Å². The Kier molecular flexibility index (Phi) is 5.56. The van der Waals surface area contributed by atoms with Crippen molar-refractivity contribution in [3.05, 3.63) is 40.9 Å². The second kappa shape index (κ2) is 8.74. The number of piperidine rings is 1. The van der Waals surface area contributed by atoms with Crippen LogP contribution in [0.5, 0.6) is 5.75 Å². The maximum atomic E-state index is 13.0. The van der Waals surface area contributed by atoms with Crippen molar-refractivity contribution in [1.82, 2.24) is 15.2 Å². The molecule has 7 rings (SSSR count). The van der Waals surface area contributed by atoms with Crippen LogP contribution in [-0.2, 0) is 16.1 Å². The van der Waals surface area contributed by atoms with Gasteiger partial charge in [0.1, 0.15) is 12.4 Å². The predicted octanol–water partition coefficient (Wildman–Crippen LogP) is 3.29. The van der Waals surface area contributed by atoms with E-state index in [1.807, 2.05) is 39.0 Å². The number of pyridine rings is 1. The SMILES string of the molecule is CC1(C)C2C(=O)N(Cc3cc4nccc(-c5cc(C#N)cc6c5N([C@@H]5CN[C@@](C)(CO)C5)CCO6)c4s3)C(=O)C21. The number of aliphatic hydroxyl groups excluding tert-OH is 1. The van der Waals surface area contributed by atoms with Gasteiger partial charge in [0.15, 0.2) is 0 Å². The average molecular weight is 558 g/mol. The number of hydrogen-bond donors (Lipinski definition) is 2. The number of carbonyl (C=O) groups is 2. The standard InChI is InChI=1S/C30H31N5O4S/c1-29(2)23-24(29)28(38)35(27(23)37)14-18-10-21-26(40-18)19(4-5-32-21)20-8-16(12-31)9-22-25(20)34(6-7-39-22)17-11-30(3,15-36)33-13-17/h4-5,8-10,17,23-24,33,36H,6-7,11,13-15H2,1-3H3/t17-,23?,24?,30+/m0/s1. The summed E-state index contributed by atoms with van der Waals surface area (Å²) in [6.07, 6.45) is 2.55. The fraction of sp³-hybridized carbons (Fsp3) is 0.467. The van der Waals surface area contributed by atoms with E-state index in [4.69, 9.17) is 4.74 Å². The van der Waals surface area contributed by atoms with Gasteiger partial charge in [-0.2, -0.15) is 5.26 Å². The minimum Gasteiger partial charge on any atom is -0.489 e. The third-order valence-corrected chi connectivity index (χ3v) is 10.4. The molecule has 2 saturated heterocycles. The topological polar surface area (TPSA) is 119 Å². The van der Waals surface area contributed by atoms with Crippen LogP contribution in [0.3, 0.4) is 0 Å². The number of amides is 2. The van der Waals surface area contributed by atoms with Crippen LogP contribution in [0.15, 0.2) is 30.5 Å². The summed E-state index contributed by atoms with van der Waals surface area (Å²) in [5.74, 6) is 0.123. The van der Waals surface area contributed by atoms with Crippen LogP contribution in [0, 0.1) is 28.6 Å². The Morgan fingerprint density at radius 1 is 1.20 bits per heavy atom. The molecule has 206 valence electrons. The highest BCUT2D eigenvalue weighted by Crippen LogP contribution is 2.63. The fourth-order valence-electron chi connectivity index (χ4n) is 6.98. The van der Waals surface area contributed by atoms with Gasteiger partial charge in [-0.25, -0.2) is 0 Å². The van der Waals surface area contributed by atoms with E-state index in [9.17, 15) is 20.0 Å². The first-order valence-electron chi connectivity index (χ1n) is 13.7. The molecule has 1 aromatic carbocycles. The van der Waals surface area contributed by atoms with Crippen molar-refractivity contribution < 1.29 is 19.4 Å². The molecule has 0 radical (unpaired) electrons. The smallest absolute Gasteiger partial charge is 0.234 e. The first-order valence-corrected chi connectivity index (χ1v) is 14.5. The van der Waals surface area contributed by atoms with Crippen LogP contribution in [0.2, 0.25) is 0 Å². The predicted molar refractivity (Wildman–Crippen MR) is 151 cm³/mol. The van der Waals surface area contributed by atoms with Crippen molar-refractivity contribution in [2.24, 2.45) is 17.3 Å². The molecule has 2 aromatic heterocycles. The molecule has 9 nitrogen and oxygen atoms in total. The van der Waals surface area contributed by atoms with Crippen molar-refractivity contribution in [3.63, 3.8) is 0 Å². The van der Waals surface area contributed by atoms with Crippen molar-refractivity contribution in [2.75, 3.05) is 31.2 Å². The number of ether oxygens (including phenoxy) is 1. The van der Waals surface area contributed by atoms with Crippen LogP contribution >= 0.6 is 11.3 Å². The maximum absolute atomic E-state index is 13.0. The number of nitriles is 1. The van der Waals surface area contributed by atoms with Crippen LogP contribution in [0.4, 0.5) is 5.69 Å². The van der Waals surface area contributed by atoms with Crippen LogP contribution in [0.1, 0.15) is 37.6 Å². The average Bonchev–Trinajstić information content (AvgIpc) is 3.30. The monoisotopic (exact) mass is 557 g/mol. The number of fused-ring (bicyclic) bond motifs is 3. The quantitative estimate of drug-likeness (QED) is 0.459. The van der Waals surface area contributed by atoms with E-state index in [2.05, 4.69) is 21.3 Å². The molecule has 0 bridgehead atoms. The van der Waals surface area contributed by atoms with Gasteiger partial charge >= 0.3 is 0 Å².